The van der Waals surface area contributed by atoms with Crippen LogP contribution in [0.2, 0.25) is 0 Å². The molecule has 1 heterocycles. The number of aromatic amines is 1. The van der Waals surface area contributed by atoms with Crippen molar-refractivity contribution in [3.05, 3.63) is 46.3 Å². The Morgan fingerprint density at radius 3 is 2.55 bits per heavy atom. The minimum atomic E-state index is -0.457. The van der Waals surface area contributed by atoms with E-state index in [1.165, 1.54) is 6.21 Å². The van der Waals surface area contributed by atoms with E-state index in [1.807, 2.05) is 6.92 Å². The highest BCUT2D eigenvalue weighted by Gasteiger charge is 2.22. The van der Waals surface area contributed by atoms with E-state index in [2.05, 4.69) is 10.1 Å². The summed E-state index contributed by atoms with van der Waals surface area (Å²) in [6, 6.07) is 5.33. The van der Waals surface area contributed by atoms with Crippen LogP contribution in [0.25, 0.3) is 0 Å². The number of rotatable bonds is 10. The maximum Gasteiger partial charge on any atom is 0.340 e. The molecule has 1 aromatic heterocycles. The molecule has 8 heteroatoms. The molecule has 156 valence electrons. The summed E-state index contributed by atoms with van der Waals surface area (Å²) in [6.07, 6.45) is 1.47. The van der Waals surface area contributed by atoms with Crippen LogP contribution < -0.4 is 9.47 Å². The fraction of sp³-hybridized carbons (Fsp3) is 0.381. The highest BCUT2D eigenvalue weighted by Crippen LogP contribution is 2.27. The van der Waals surface area contributed by atoms with Crippen LogP contribution in [-0.2, 0) is 9.57 Å². The van der Waals surface area contributed by atoms with E-state index in [0.717, 1.165) is 5.56 Å². The molecular weight excluding hydrogens is 376 g/mol. The number of carbonyl (C=O) groups excluding carboxylic acids is 2. The van der Waals surface area contributed by atoms with E-state index in [4.69, 9.17) is 19.0 Å². The number of nitrogens with zero attached hydrogens (tertiary/aromatic N) is 1. The zero-order chi connectivity index (χ0) is 21.4. The van der Waals surface area contributed by atoms with Crippen LogP contribution in [0.15, 0.2) is 23.4 Å². The average molecular weight is 402 g/mol. The number of oxime groups is 1. The zero-order valence-electron chi connectivity index (χ0n) is 17.3. The SMILES string of the molecule is CCOC(=O)c1c(C)[nH]c(C(=O)CO/N=C\c2ccc(OCC)c(OC)c2)c1C. The van der Waals surface area contributed by atoms with Crippen molar-refractivity contribution in [2.24, 2.45) is 5.16 Å². The first-order chi connectivity index (χ1) is 13.9. The van der Waals surface area contributed by atoms with Gasteiger partial charge in [-0.2, -0.15) is 0 Å². The van der Waals surface area contributed by atoms with Gasteiger partial charge in [-0.05, 0) is 51.5 Å². The number of benzene rings is 1. The molecule has 1 aromatic carbocycles. The summed E-state index contributed by atoms with van der Waals surface area (Å²) in [6.45, 7) is 7.56. The molecule has 0 unspecified atom stereocenters. The molecule has 0 bridgehead atoms. The van der Waals surface area contributed by atoms with E-state index in [-0.39, 0.29) is 19.0 Å². The molecular formula is C21H26N2O6. The number of hydrogen-bond donors (Lipinski definition) is 1. The summed E-state index contributed by atoms with van der Waals surface area (Å²) in [5, 5.41) is 3.83. The minimum absolute atomic E-state index is 0.264. The van der Waals surface area contributed by atoms with Gasteiger partial charge < -0.3 is 24.0 Å². The van der Waals surface area contributed by atoms with Gasteiger partial charge in [0.05, 0.1) is 37.8 Å². The van der Waals surface area contributed by atoms with E-state index < -0.39 is 5.97 Å². The molecule has 0 fully saturated rings. The molecule has 0 saturated carbocycles. The van der Waals surface area contributed by atoms with Gasteiger partial charge in [0, 0.05) is 11.3 Å². The van der Waals surface area contributed by atoms with Gasteiger partial charge in [0.2, 0.25) is 5.78 Å². The van der Waals surface area contributed by atoms with Crippen molar-refractivity contribution in [3.8, 4) is 11.5 Å². The van der Waals surface area contributed by atoms with Crippen molar-refractivity contribution in [2.45, 2.75) is 27.7 Å². The molecule has 2 aromatic rings. The smallest absolute Gasteiger partial charge is 0.340 e. The van der Waals surface area contributed by atoms with Crippen molar-refractivity contribution in [2.75, 3.05) is 26.9 Å². The van der Waals surface area contributed by atoms with E-state index in [1.54, 1.807) is 46.1 Å². The second-order valence-corrected chi connectivity index (χ2v) is 6.12. The fourth-order valence-electron chi connectivity index (χ4n) is 2.84. The average Bonchev–Trinajstić information content (AvgIpc) is 3.00. The predicted molar refractivity (Wildman–Crippen MR) is 108 cm³/mol. The molecule has 0 atom stereocenters. The van der Waals surface area contributed by atoms with Gasteiger partial charge in [0.15, 0.2) is 18.1 Å². The number of H-pyrrole nitrogens is 1. The van der Waals surface area contributed by atoms with Crippen molar-refractivity contribution < 1.29 is 28.6 Å². The molecule has 8 nitrogen and oxygen atoms in total. The fourth-order valence-corrected chi connectivity index (χ4v) is 2.84. The quantitative estimate of drug-likeness (QED) is 0.283. The number of Topliss-reactive ketones (excluding diaryl/α,β-unsaturated/α-hetero) is 1. The van der Waals surface area contributed by atoms with Crippen molar-refractivity contribution in [1.82, 2.24) is 4.98 Å². The molecule has 0 saturated heterocycles. The third-order valence-electron chi connectivity index (χ3n) is 4.16. The summed E-state index contributed by atoms with van der Waals surface area (Å²) in [5.74, 6) is 0.442. The number of ether oxygens (including phenoxy) is 3. The molecule has 0 spiro atoms. The Bertz CT molecular complexity index is 901. The Labute approximate surface area is 169 Å². The lowest BCUT2D eigenvalue weighted by Gasteiger charge is -2.09. The standard InChI is InChI=1S/C21H26N2O6/c1-6-27-17-9-8-15(10-18(17)26-5)11-22-29-12-16(24)20-13(3)19(14(4)23-20)21(25)28-7-2/h8-11,23H,6-7,12H2,1-5H3/b22-11-. The van der Waals surface area contributed by atoms with Gasteiger partial charge in [-0.25, -0.2) is 4.79 Å². The monoisotopic (exact) mass is 402 g/mol. The third-order valence-corrected chi connectivity index (χ3v) is 4.16. The highest BCUT2D eigenvalue weighted by atomic mass is 16.6. The molecule has 29 heavy (non-hydrogen) atoms. The lowest BCUT2D eigenvalue weighted by molar-refractivity contribution is 0.0525. The van der Waals surface area contributed by atoms with Crippen LogP contribution in [0.1, 0.15) is 51.5 Å². The number of methoxy groups -OCH3 is 1. The third kappa shape index (κ3) is 5.37. The van der Waals surface area contributed by atoms with Gasteiger partial charge in [-0.1, -0.05) is 5.16 Å². The second-order valence-electron chi connectivity index (χ2n) is 6.12. The lowest BCUT2D eigenvalue weighted by atomic mass is 10.1. The first kappa shape index (κ1) is 22.0. The first-order valence-corrected chi connectivity index (χ1v) is 9.28. The molecule has 1 N–H and O–H groups in total. The maximum absolute atomic E-state index is 12.4. The Hall–Kier alpha value is -3.29. The summed E-state index contributed by atoms with van der Waals surface area (Å²) < 4.78 is 15.8. The van der Waals surface area contributed by atoms with Crippen LogP contribution in [-0.4, -0.2) is 49.9 Å². The van der Waals surface area contributed by atoms with Crippen LogP contribution in [0.5, 0.6) is 11.5 Å². The van der Waals surface area contributed by atoms with Gasteiger partial charge in [-0.3, -0.25) is 4.79 Å². The molecule has 0 aliphatic heterocycles. The van der Waals surface area contributed by atoms with Crippen molar-refractivity contribution in [3.63, 3.8) is 0 Å². The number of aryl methyl sites for hydroxylation is 1. The van der Waals surface area contributed by atoms with Gasteiger partial charge in [-0.15, -0.1) is 0 Å². The summed E-state index contributed by atoms with van der Waals surface area (Å²) in [7, 11) is 1.55. The van der Waals surface area contributed by atoms with E-state index in [0.29, 0.717) is 40.6 Å². The normalized spacial score (nSPS) is 10.8. The van der Waals surface area contributed by atoms with E-state index in [9.17, 15) is 9.59 Å². The van der Waals surface area contributed by atoms with E-state index >= 15 is 0 Å². The minimum Gasteiger partial charge on any atom is -0.493 e. The summed E-state index contributed by atoms with van der Waals surface area (Å²) >= 11 is 0. The maximum atomic E-state index is 12.4. The zero-order valence-corrected chi connectivity index (χ0v) is 17.3. The lowest BCUT2D eigenvalue weighted by Crippen LogP contribution is -2.10. The molecule has 2 rings (SSSR count). The second kappa shape index (κ2) is 10.3. The summed E-state index contributed by atoms with van der Waals surface area (Å²) in [4.78, 5) is 32.5. The largest absolute Gasteiger partial charge is 0.493 e. The van der Waals surface area contributed by atoms with Crippen LogP contribution in [0.3, 0.4) is 0 Å². The predicted octanol–water partition coefficient (Wildman–Crippen LogP) is 3.45. The van der Waals surface area contributed by atoms with Crippen molar-refractivity contribution >= 4 is 18.0 Å². The van der Waals surface area contributed by atoms with Crippen LogP contribution >= 0.6 is 0 Å². The van der Waals surface area contributed by atoms with Crippen LogP contribution in [0, 0.1) is 13.8 Å². The molecule has 0 aliphatic rings. The number of carbonyl (C=O) groups is 2. The van der Waals surface area contributed by atoms with Gasteiger partial charge in [0.25, 0.3) is 0 Å². The first-order valence-electron chi connectivity index (χ1n) is 9.28. The number of esters is 1. The number of ketones is 1. The molecule has 0 aliphatic carbocycles. The molecule has 0 radical (unpaired) electrons. The van der Waals surface area contributed by atoms with Gasteiger partial charge in [0.1, 0.15) is 0 Å². The topological polar surface area (TPSA) is 99.2 Å². The Kier molecular flexibility index (Phi) is 7.82. The number of aromatic nitrogens is 1. The number of hydrogen-bond acceptors (Lipinski definition) is 7. The number of nitrogens with one attached hydrogen (secondary N) is 1. The van der Waals surface area contributed by atoms with Crippen LogP contribution in [0.4, 0.5) is 0 Å². The Morgan fingerprint density at radius 1 is 1.14 bits per heavy atom. The van der Waals surface area contributed by atoms with Crippen molar-refractivity contribution in [1.29, 1.82) is 0 Å². The Morgan fingerprint density at radius 2 is 1.90 bits per heavy atom. The van der Waals surface area contributed by atoms with Gasteiger partial charge >= 0.3 is 5.97 Å². The summed E-state index contributed by atoms with van der Waals surface area (Å²) in [5.41, 5.74) is 2.53. The Balaban J connectivity index is 2.01. The molecule has 0 amide bonds. The highest BCUT2D eigenvalue weighted by molar-refractivity contribution is 6.02.